The van der Waals surface area contributed by atoms with Crippen LogP contribution in [0, 0.1) is 5.92 Å². The molecule has 1 saturated heterocycles. The molecule has 1 heterocycles. The molecule has 0 spiro atoms. The van der Waals surface area contributed by atoms with E-state index in [1.807, 2.05) is 43.0 Å². The number of rotatable bonds is 8. The van der Waals surface area contributed by atoms with Crippen molar-refractivity contribution in [3.05, 3.63) is 24.3 Å². The fourth-order valence-electron chi connectivity index (χ4n) is 2.99. The van der Waals surface area contributed by atoms with E-state index in [0.29, 0.717) is 6.61 Å². The zero-order valence-corrected chi connectivity index (χ0v) is 19.6. The quantitative estimate of drug-likeness (QED) is 0.246. The van der Waals surface area contributed by atoms with Gasteiger partial charge in [-0.25, -0.2) is 0 Å². The molecule has 1 aromatic carbocycles. The van der Waals surface area contributed by atoms with Gasteiger partial charge in [0.1, 0.15) is 11.5 Å². The van der Waals surface area contributed by atoms with Gasteiger partial charge >= 0.3 is 0 Å². The number of nitrogens with one attached hydrogen (secondary N) is 2. The summed E-state index contributed by atoms with van der Waals surface area (Å²) in [6, 6.07) is 7.83. The van der Waals surface area contributed by atoms with Crippen molar-refractivity contribution in [1.29, 1.82) is 0 Å². The van der Waals surface area contributed by atoms with Crippen LogP contribution < -0.4 is 20.1 Å². The highest BCUT2D eigenvalue weighted by Gasteiger charge is 2.27. The molecular weight excluding hydrogens is 471 g/mol. The highest BCUT2D eigenvalue weighted by Crippen LogP contribution is 2.18. The van der Waals surface area contributed by atoms with E-state index in [1.165, 1.54) is 0 Å². The standard InChI is InChI=1S/C20H32N4O3.HI/c1-15(2)19(25)24-11-9-16(14-24)23-20(21-3)22-10-6-12-27-18-8-5-7-17(13-18)26-4;/h5,7-8,13,15-16H,6,9-12,14H2,1-4H3,(H2,21,22,23);1H. The summed E-state index contributed by atoms with van der Waals surface area (Å²) in [6.07, 6.45) is 1.79. The summed E-state index contributed by atoms with van der Waals surface area (Å²) in [7, 11) is 3.40. The number of likely N-dealkylation sites (tertiary alicyclic amines) is 1. The predicted molar refractivity (Wildman–Crippen MR) is 123 cm³/mol. The Kier molecular flexibility index (Phi) is 11.0. The average Bonchev–Trinajstić information content (AvgIpc) is 3.14. The largest absolute Gasteiger partial charge is 0.497 e. The predicted octanol–water partition coefficient (Wildman–Crippen LogP) is 2.50. The molecule has 7 nitrogen and oxygen atoms in total. The number of hydrogen-bond donors (Lipinski definition) is 2. The van der Waals surface area contributed by atoms with Gasteiger partial charge in [-0.05, 0) is 25.0 Å². The van der Waals surface area contributed by atoms with Crippen molar-refractivity contribution in [2.24, 2.45) is 10.9 Å². The third kappa shape index (κ3) is 7.73. The van der Waals surface area contributed by atoms with E-state index in [9.17, 15) is 4.79 Å². The van der Waals surface area contributed by atoms with E-state index in [0.717, 1.165) is 49.9 Å². The molecule has 8 heteroatoms. The van der Waals surface area contributed by atoms with Gasteiger partial charge in [0.15, 0.2) is 5.96 Å². The molecule has 0 aliphatic carbocycles. The minimum atomic E-state index is 0. The Morgan fingerprint density at radius 1 is 1.36 bits per heavy atom. The van der Waals surface area contributed by atoms with Gasteiger partial charge in [-0.2, -0.15) is 0 Å². The lowest BCUT2D eigenvalue weighted by Crippen LogP contribution is -2.45. The van der Waals surface area contributed by atoms with Crippen LogP contribution in [0.15, 0.2) is 29.3 Å². The van der Waals surface area contributed by atoms with Crippen molar-refractivity contribution in [3.63, 3.8) is 0 Å². The molecule has 1 atom stereocenters. The van der Waals surface area contributed by atoms with Gasteiger partial charge in [-0.1, -0.05) is 19.9 Å². The third-order valence-corrected chi connectivity index (χ3v) is 4.48. The number of aliphatic imine (C=N–C) groups is 1. The van der Waals surface area contributed by atoms with Crippen LogP contribution in [0.5, 0.6) is 11.5 Å². The van der Waals surface area contributed by atoms with E-state index in [-0.39, 0.29) is 41.8 Å². The summed E-state index contributed by atoms with van der Waals surface area (Å²) < 4.78 is 10.9. The summed E-state index contributed by atoms with van der Waals surface area (Å²) >= 11 is 0. The first-order valence-corrected chi connectivity index (χ1v) is 9.56. The molecule has 1 fully saturated rings. The molecule has 2 rings (SSSR count). The number of methoxy groups -OCH3 is 1. The molecule has 2 N–H and O–H groups in total. The highest BCUT2D eigenvalue weighted by atomic mass is 127. The van der Waals surface area contributed by atoms with Crippen LogP contribution in [0.2, 0.25) is 0 Å². The fourth-order valence-corrected chi connectivity index (χ4v) is 2.99. The smallest absolute Gasteiger partial charge is 0.225 e. The van der Waals surface area contributed by atoms with Crippen molar-refractivity contribution in [2.75, 3.05) is 40.4 Å². The maximum atomic E-state index is 12.1. The molecule has 0 bridgehead atoms. The molecule has 1 aliphatic heterocycles. The minimum Gasteiger partial charge on any atom is -0.497 e. The van der Waals surface area contributed by atoms with Gasteiger partial charge < -0.3 is 25.0 Å². The Balaban J connectivity index is 0.00000392. The van der Waals surface area contributed by atoms with E-state index < -0.39 is 0 Å². The topological polar surface area (TPSA) is 75.2 Å². The Morgan fingerprint density at radius 2 is 2.11 bits per heavy atom. The zero-order chi connectivity index (χ0) is 19.6. The van der Waals surface area contributed by atoms with Gasteiger partial charge in [0.2, 0.25) is 5.91 Å². The van der Waals surface area contributed by atoms with Crippen molar-refractivity contribution in [1.82, 2.24) is 15.5 Å². The number of carbonyl (C=O) groups excluding carboxylic acids is 1. The number of nitrogens with zero attached hydrogens (tertiary/aromatic N) is 2. The number of amides is 1. The summed E-state index contributed by atoms with van der Waals surface area (Å²) in [5.74, 6) is 2.62. The number of guanidine groups is 1. The molecule has 1 aliphatic rings. The lowest BCUT2D eigenvalue weighted by atomic mass is 10.2. The summed E-state index contributed by atoms with van der Waals surface area (Å²) in [5.41, 5.74) is 0. The fraction of sp³-hybridized carbons (Fsp3) is 0.600. The number of halogens is 1. The maximum Gasteiger partial charge on any atom is 0.225 e. The Morgan fingerprint density at radius 3 is 2.79 bits per heavy atom. The van der Waals surface area contributed by atoms with Gasteiger partial charge in [-0.15, -0.1) is 24.0 Å². The molecule has 158 valence electrons. The molecular formula is C20H33IN4O3. The number of carbonyl (C=O) groups is 1. The van der Waals surface area contributed by atoms with Crippen LogP contribution in [-0.2, 0) is 4.79 Å². The van der Waals surface area contributed by atoms with Crippen LogP contribution in [0.25, 0.3) is 0 Å². The van der Waals surface area contributed by atoms with E-state index in [2.05, 4.69) is 15.6 Å². The second kappa shape index (κ2) is 12.7. The molecule has 28 heavy (non-hydrogen) atoms. The monoisotopic (exact) mass is 504 g/mol. The van der Waals surface area contributed by atoms with E-state index in [4.69, 9.17) is 9.47 Å². The molecule has 1 unspecified atom stereocenters. The van der Waals surface area contributed by atoms with Gasteiger partial charge in [0, 0.05) is 44.7 Å². The summed E-state index contributed by atoms with van der Waals surface area (Å²) in [6.45, 7) is 6.79. The highest BCUT2D eigenvalue weighted by molar-refractivity contribution is 14.0. The lowest BCUT2D eigenvalue weighted by molar-refractivity contribution is -0.133. The van der Waals surface area contributed by atoms with E-state index in [1.54, 1.807) is 14.2 Å². The van der Waals surface area contributed by atoms with Crippen molar-refractivity contribution in [2.45, 2.75) is 32.7 Å². The van der Waals surface area contributed by atoms with Crippen molar-refractivity contribution >= 4 is 35.8 Å². The van der Waals surface area contributed by atoms with Crippen LogP contribution >= 0.6 is 24.0 Å². The first-order valence-electron chi connectivity index (χ1n) is 9.56. The number of hydrogen-bond acceptors (Lipinski definition) is 4. The minimum absolute atomic E-state index is 0. The van der Waals surface area contributed by atoms with Crippen LogP contribution in [0.4, 0.5) is 0 Å². The zero-order valence-electron chi connectivity index (χ0n) is 17.2. The average molecular weight is 504 g/mol. The number of benzene rings is 1. The summed E-state index contributed by atoms with van der Waals surface area (Å²) in [4.78, 5) is 18.3. The van der Waals surface area contributed by atoms with E-state index >= 15 is 0 Å². The van der Waals surface area contributed by atoms with Crippen LogP contribution in [0.3, 0.4) is 0 Å². The molecule has 0 aromatic heterocycles. The van der Waals surface area contributed by atoms with Gasteiger partial charge in [0.05, 0.1) is 13.7 Å². The summed E-state index contributed by atoms with van der Waals surface area (Å²) in [5, 5.41) is 6.70. The maximum absolute atomic E-state index is 12.1. The second-order valence-corrected chi connectivity index (χ2v) is 6.95. The normalized spacial score (nSPS) is 16.5. The van der Waals surface area contributed by atoms with Crippen molar-refractivity contribution in [3.8, 4) is 11.5 Å². The third-order valence-electron chi connectivity index (χ3n) is 4.48. The lowest BCUT2D eigenvalue weighted by Gasteiger charge is -2.20. The Labute approximate surface area is 185 Å². The Hall–Kier alpha value is -1.71. The molecule has 1 amide bonds. The van der Waals surface area contributed by atoms with Crippen molar-refractivity contribution < 1.29 is 14.3 Å². The first-order chi connectivity index (χ1) is 13.0. The molecule has 1 aromatic rings. The molecule has 0 radical (unpaired) electrons. The van der Waals surface area contributed by atoms with Gasteiger partial charge in [0.25, 0.3) is 0 Å². The van der Waals surface area contributed by atoms with Crippen LogP contribution in [-0.4, -0.2) is 63.2 Å². The first kappa shape index (κ1) is 24.3. The SMILES string of the molecule is CN=C(NCCCOc1cccc(OC)c1)NC1CCN(C(=O)C(C)C)C1.I. The second-order valence-electron chi connectivity index (χ2n) is 6.95. The molecule has 0 saturated carbocycles. The van der Waals surface area contributed by atoms with Crippen LogP contribution in [0.1, 0.15) is 26.7 Å². The Bertz CT molecular complexity index is 640. The number of ether oxygens (including phenoxy) is 2. The van der Waals surface area contributed by atoms with Gasteiger partial charge in [-0.3, -0.25) is 9.79 Å².